The Morgan fingerprint density at radius 3 is 2.60 bits per heavy atom. The summed E-state index contributed by atoms with van der Waals surface area (Å²) in [7, 11) is 0. The molecular formula is C16H17BrO2S. The Labute approximate surface area is 132 Å². The van der Waals surface area contributed by atoms with Gasteiger partial charge in [-0.15, -0.1) is 11.8 Å². The number of benzene rings is 2. The Kier molecular flexibility index (Phi) is 5.95. The van der Waals surface area contributed by atoms with Gasteiger partial charge in [0, 0.05) is 15.1 Å². The van der Waals surface area contributed by atoms with Crippen molar-refractivity contribution in [1.29, 1.82) is 0 Å². The molecule has 1 unspecified atom stereocenters. The summed E-state index contributed by atoms with van der Waals surface area (Å²) in [5, 5.41) is 9.99. The molecule has 0 fully saturated rings. The molecule has 2 aromatic rings. The predicted molar refractivity (Wildman–Crippen MR) is 87.5 cm³/mol. The van der Waals surface area contributed by atoms with Gasteiger partial charge < -0.3 is 9.84 Å². The molecule has 20 heavy (non-hydrogen) atoms. The molecule has 1 atom stereocenters. The maximum absolute atomic E-state index is 9.99. The molecule has 0 aliphatic rings. The van der Waals surface area contributed by atoms with Gasteiger partial charge in [-0.2, -0.15) is 0 Å². The molecule has 2 aromatic carbocycles. The highest BCUT2D eigenvalue weighted by atomic mass is 79.9. The lowest BCUT2D eigenvalue weighted by Crippen LogP contribution is -2.20. The first-order chi connectivity index (χ1) is 9.66. The van der Waals surface area contributed by atoms with Crippen LogP contribution in [0.5, 0.6) is 5.75 Å². The van der Waals surface area contributed by atoms with Gasteiger partial charge in [-0.25, -0.2) is 0 Å². The van der Waals surface area contributed by atoms with Crippen LogP contribution in [0.4, 0.5) is 0 Å². The minimum Gasteiger partial charge on any atom is -0.491 e. The Morgan fingerprint density at radius 1 is 1.15 bits per heavy atom. The Balaban J connectivity index is 1.80. The molecule has 0 aliphatic heterocycles. The fourth-order valence-electron chi connectivity index (χ4n) is 1.70. The quantitative estimate of drug-likeness (QED) is 0.786. The van der Waals surface area contributed by atoms with Crippen LogP contribution in [0, 0.1) is 6.92 Å². The fraction of sp³-hybridized carbons (Fsp3) is 0.250. The van der Waals surface area contributed by atoms with Crippen molar-refractivity contribution < 1.29 is 9.84 Å². The van der Waals surface area contributed by atoms with Gasteiger partial charge >= 0.3 is 0 Å². The molecule has 0 aromatic heterocycles. The number of para-hydroxylation sites is 1. The third kappa shape index (κ3) is 4.54. The van der Waals surface area contributed by atoms with Crippen molar-refractivity contribution in [2.24, 2.45) is 0 Å². The smallest absolute Gasteiger partial charge is 0.122 e. The van der Waals surface area contributed by atoms with E-state index in [9.17, 15) is 5.11 Å². The lowest BCUT2D eigenvalue weighted by molar-refractivity contribution is 0.126. The van der Waals surface area contributed by atoms with Gasteiger partial charge in [0.1, 0.15) is 12.4 Å². The summed E-state index contributed by atoms with van der Waals surface area (Å²) >= 11 is 5.12. The van der Waals surface area contributed by atoms with E-state index in [-0.39, 0.29) is 0 Å². The highest BCUT2D eigenvalue weighted by Gasteiger charge is 2.08. The van der Waals surface area contributed by atoms with Crippen molar-refractivity contribution in [3.8, 4) is 5.75 Å². The summed E-state index contributed by atoms with van der Waals surface area (Å²) in [5.74, 6) is 1.44. The first kappa shape index (κ1) is 15.4. The van der Waals surface area contributed by atoms with Crippen molar-refractivity contribution >= 4 is 27.7 Å². The Hall–Kier alpha value is -0.970. The van der Waals surface area contributed by atoms with Gasteiger partial charge in [0.05, 0.1) is 6.10 Å². The standard InChI is InChI=1S/C16H17BrO2S/c1-12-6-2-4-8-15(12)19-10-13(18)11-20-16-9-5-3-7-14(16)17/h2-9,13,18H,10-11H2,1H3. The maximum atomic E-state index is 9.99. The normalized spacial score (nSPS) is 12.2. The second kappa shape index (κ2) is 7.72. The molecule has 0 bridgehead atoms. The summed E-state index contributed by atoms with van der Waals surface area (Å²) in [6, 6.07) is 15.8. The van der Waals surface area contributed by atoms with E-state index >= 15 is 0 Å². The SMILES string of the molecule is Cc1ccccc1OCC(O)CSc1ccccc1Br. The summed E-state index contributed by atoms with van der Waals surface area (Å²) < 4.78 is 6.69. The molecule has 2 nitrogen and oxygen atoms in total. The molecule has 4 heteroatoms. The molecule has 0 heterocycles. The van der Waals surface area contributed by atoms with Gasteiger partial charge in [0.15, 0.2) is 0 Å². The lowest BCUT2D eigenvalue weighted by Gasteiger charge is -2.14. The molecule has 0 radical (unpaired) electrons. The molecule has 0 spiro atoms. The number of hydrogen-bond acceptors (Lipinski definition) is 3. The van der Waals surface area contributed by atoms with Crippen LogP contribution in [0.2, 0.25) is 0 Å². The minimum absolute atomic E-state index is 0.308. The third-order valence-corrected chi connectivity index (χ3v) is 4.97. The summed E-state index contributed by atoms with van der Waals surface area (Å²) in [4.78, 5) is 1.13. The summed E-state index contributed by atoms with van der Waals surface area (Å²) in [6.07, 6.45) is -0.494. The van der Waals surface area contributed by atoms with Crippen LogP contribution < -0.4 is 4.74 Å². The molecule has 106 valence electrons. The predicted octanol–water partition coefficient (Wildman–Crippen LogP) is 4.29. The van der Waals surface area contributed by atoms with Crippen molar-refractivity contribution in [3.63, 3.8) is 0 Å². The van der Waals surface area contributed by atoms with Crippen molar-refractivity contribution in [3.05, 3.63) is 58.6 Å². The fourth-order valence-corrected chi connectivity index (χ4v) is 3.18. The van der Waals surface area contributed by atoms with Gasteiger partial charge in [-0.3, -0.25) is 0 Å². The van der Waals surface area contributed by atoms with E-state index in [0.29, 0.717) is 12.4 Å². The monoisotopic (exact) mass is 352 g/mol. The lowest BCUT2D eigenvalue weighted by atomic mass is 10.2. The van der Waals surface area contributed by atoms with E-state index in [1.807, 2.05) is 55.5 Å². The van der Waals surface area contributed by atoms with Crippen LogP contribution >= 0.6 is 27.7 Å². The number of aliphatic hydroxyl groups excluding tert-OH is 1. The second-order valence-electron chi connectivity index (χ2n) is 4.47. The number of hydrogen-bond donors (Lipinski definition) is 1. The summed E-state index contributed by atoms with van der Waals surface area (Å²) in [6.45, 7) is 2.31. The number of ether oxygens (including phenoxy) is 1. The molecule has 0 saturated heterocycles. The Bertz CT molecular complexity index is 510. The first-order valence-corrected chi connectivity index (χ1v) is 8.18. The van der Waals surface area contributed by atoms with Crippen molar-refractivity contribution in [2.75, 3.05) is 12.4 Å². The Morgan fingerprint density at radius 2 is 1.85 bits per heavy atom. The van der Waals surface area contributed by atoms with E-state index in [1.165, 1.54) is 0 Å². The number of aryl methyl sites for hydroxylation is 1. The first-order valence-electron chi connectivity index (χ1n) is 6.40. The molecule has 1 N–H and O–H groups in total. The number of aliphatic hydroxyl groups is 1. The average molecular weight is 353 g/mol. The molecule has 0 saturated carbocycles. The van der Waals surface area contributed by atoms with Crippen LogP contribution in [0.25, 0.3) is 0 Å². The zero-order valence-corrected chi connectivity index (χ0v) is 13.7. The van der Waals surface area contributed by atoms with Gasteiger partial charge in [0.25, 0.3) is 0 Å². The highest BCUT2D eigenvalue weighted by molar-refractivity contribution is 9.10. The third-order valence-electron chi connectivity index (χ3n) is 2.79. The van der Waals surface area contributed by atoms with Crippen LogP contribution in [-0.4, -0.2) is 23.6 Å². The largest absolute Gasteiger partial charge is 0.491 e. The van der Waals surface area contributed by atoms with E-state index in [2.05, 4.69) is 15.9 Å². The van der Waals surface area contributed by atoms with Gasteiger partial charge in [-0.05, 0) is 46.6 Å². The second-order valence-corrected chi connectivity index (χ2v) is 6.39. The number of rotatable bonds is 6. The summed E-state index contributed by atoms with van der Waals surface area (Å²) in [5.41, 5.74) is 1.08. The van der Waals surface area contributed by atoms with Gasteiger partial charge in [0.2, 0.25) is 0 Å². The van der Waals surface area contributed by atoms with E-state index in [1.54, 1.807) is 11.8 Å². The highest BCUT2D eigenvalue weighted by Crippen LogP contribution is 2.27. The van der Waals surface area contributed by atoms with Crippen LogP contribution in [-0.2, 0) is 0 Å². The molecule has 0 aliphatic carbocycles. The average Bonchev–Trinajstić information content (AvgIpc) is 2.45. The van der Waals surface area contributed by atoms with Gasteiger partial charge in [-0.1, -0.05) is 30.3 Å². The van der Waals surface area contributed by atoms with Crippen molar-refractivity contribution in [1.82, 2.24) is 0 Å². The zero-order valence-electron chi connectivity index (χ0n) is 11.3. The van der Waals surface area contributed by atoms with Crippen molar-refractivity contribution in [2.45, 2.75) is 17.9 Å². The minimum atomic E-state index is -0.494. The topological polar surface area (TPSA) is 29.5 Å². The molecule has 0 amide bonds. The van der Waals surface area contributed by atoms with Crippen LogP contribution in [0.3, 0.4) is 0 Å². The maximum Gasteiger partial charge on any atom is 0.122 e. The van der Waals surface area contributed by atoms with E-state index in [4.69, 9.17) is 4.74 Å². The molecule has 2 rings (SSSR count). The number of halogens is 1. The van der Waals surface area contributed by atoms with E-state index in [0.717, 1.165) is 20.7 Å². The van der Waals surface area contributed by atoms with E-state index < -0.39 is 6.10 Å². The molecular weight excluding hydrogens is 336 g/mol. The zero-order chi connectivity index (χ0) is 14.4. The van der Waals surface area contributed by atoms with Crippen LogP contribution in [0.15, 0.2) is 57.9 Å². The number of thioether (sulfide) groups is 1. The van der Waals surface area contributed by atoms with Crippen LogP contribution in [0.1, 0.15) is 5.56 Å².